The third-order valence-corrected chi connectivity index (χ3v) is 3.57. The van der Waals surface area contributed by atoms with E-state index in [1.165, 1.54) is 0 Å². The van der Waals surface area contributed by atoms with Gasteiger partial charge in [0.15, 0.2) is 0 Å². The summed E-state index contributed by atoms with van der Waals surface area (Å²) >= 11 is 1.84. The van der Waals surface area contributed by atoms with E-state index in [0.717, 1.165) is 35.0 Å². The molecule has 1 fully saturated rings. The largest absolute Gasteiger partial charge is 0.271 e. The lowest BCUT2D eigenvalue weighted by atomic mass is 10.3. The van der Waals surface area contributed by atoms with Gasteiger partial charge < -0.3 is 0 Å². The summed E-state index contributed by atoms with van der Waals surface area (Å²) in [6.45, 7) is 4.08. The fraction of sp³-hybridized carbons (Fsp3) is 0.545. The van der Waals surface area contributed by atoms with Crippen LogP contribution >= 0.6 is 11.8 Å². The van der Waals surface area contributed by atoms with Crippen molar-refractivity contribution in [1.82, 2.24) is 15.2 Å². The number of nitrogens with one attached hydrogen (secondary N) is 1. The van der Waals surface area contributed by atoms with E-state index in [1.54, 1.807) is 4.68 Å². The van der Waals surface area contributed by atoms with Gasteiger partial charge in [-0.15, -0.1) is 0 Å². The molecule has 0 bridgehead atoms. The molecule has 1 aromatic heterocycles. The number of hydrazone groups is 1. The highest BCUT2D eigenvalue weighted by Crippen LogP contribution is 2.13. The van der Waals surface area contributed by atoms with E-state index in [4.69, 9.17) is 0 Å². The van der Waals surface area contributed by atoms with Crippen molar-refractivity contribution in [1.29, 1.82) is 0 Å². The molecule has 1 aromatic rings. The summed E-state index contributed by atoms with van der Waals surface area (Å²) in [6.07, 6.45) is 0.977. The molecule has 0 aliphatic carbocycles. The normalized spacial score (nSPS) is 17.6. The van der Waals surface area contributed by atoms with Crippen molar-refractivity contribution in [2.24, 2.45) is 5.10 Å². The van der Waals surface area contributed by atoms with Crippen molar-refractivity contribution >= 4 is 23.4 Å². The molecular formula is C11H16N4OS. The molecule has 5 nitrogen and oxygen atoms in total. The molecule has 1 aliphatic heterocycles. The van der Waals surface area contributed by atoms with Crippen LogP contribution in [0, 0.1) is 13.8 Å². The second-order valence-electron chi connectivity index (χ2n) is 4.10. The minimum absolute atomic E-state index is 0.124. The van der Waals surface area contributed by atoms with E-state index in [9.17, 15) is 4.79 Å². The minimum atomic E-state index is -0.124. The molecule has 0 spiro atoms. The molecule has 0 unspecified atom stereocenters. The number of carbonyl (C=O) groups is 1. The van der Waals surface area contributed by atoms with Crippen LogP contribution in [0.3, 0.4) is 0 Å². The second-order valence-corrected chi connectivity index (χ2v) is 5.21. The van der Waals surface area contributed by atoms with Gasteiger partial charge in [-0.25, -0.2) is 5.43 Å². The van der Waals surface area contributed by atoms with Crippen molar-refractivity contribution in [2.45, 2.75) is 26.8 Å². The zero-order valence-corrected chi connectivity index (χ0v) is 10.9. The van der Waals surface area contributed by atoms with Crippen LogP contribution in [0.4, 0.5) is 0 Å². The average Bonchev–Trinajstić information content (AvgIpc) is 2.87. The SMILES string of the molecule is Cc1cc(C)n(CC(=O)N/N=C2/CCSC2)n1. The molecule has 1 aliphatic rings. The highest BCUT2D eigenvalue weighted by Gasteiger charge is 2.10. The van der Waals surface area contributed by atoms with Crippen LogP contribution in [0.2, 0.25) is 0 Å². The number of hydrogen-bond donors (Lipinski definition) is 1. The number of aryl methyl sites for hydroxylation is 2. The molecule has 0 aromatic carbocycles. The standard InChI is InChI=1S/C11H16N4OS/c1-8-5-9(2)15(14-8)6-11(16)13-12-10-3-4-17-7-10/h5H,3-4,6-7H2,1-2H3,(H,13,16)/b12-10-. The van der Waals surface area contributed by atoms with E-state index in [0.29, 0.717) is 0 Å². The first-order valence-electron chi connectivity index (χ1n) is 5.58. The number of carbonyl (C=O) groups excluding carboxylic acids is 1. The van der Waals surface area contributed by atoms with Crippen LogP contribution in [-0.4, -0.2) is 32.9 Å². The molecule has 17 heavy (non-hydrogen) atoms. The number of nitrogens with zero attached hydrogens (tertiary/aromatic N) is 3. The fourth-order valence-corrected chi connectivity index (χ4v) is 2.66. The molecule has 0 radical (unpaired) electrons. The number of hydrogen-bond acceptors (Lipinski definition) is 4. The summed E-state index contributed by atoms with van der Waals surface area (Å²) in [4.78, 5) is 11.6. The topological polar surface area (TPSA) is 59.3 Å². The Hall–Kier alpha value is -1.30. The first kappa shape index (κ1) is 12.2. The molecular weight excluding hydrogens is 236 g/mol. The van der Waals surface area contributed by atoms with E-state index >= 15 is 0 Å². The first-order chi connectivity index (χ1) is 8.15. The predicted molar refractivity (Wildman–Crippen MR) is 69.2 cm³/mol. The number of rotatable bonds is 3. The van der Waals surface area contributed by atoms with Crippen molar-refractivity contribution < 1.29 is 4.79 Å². The minimum Gasteiger partial charge on any atom is -0.271 e. The lowest BCUT2D eigenvalue weighted by Crippen LogP contribution is -2.25. The molecule has 2 rings (SSSR count). The van der Waals surface area contributed by atoms with E-state index in [2.05, 4.69) is 15.6 Å². The number of aromatic nitrogens is 2. The molecule has 2 heterocycles. The van der Waals surface area contributed by atoms with Crippen LogP contribution in [0.25, 0.3) is 0 Å². The maximum Gasteiger partial charge on any atom is 0.261 e. The summed E-state index contributed by atoms with van der Waals surface area (Å²) in [5, 5.41) is 8.34. The van der Waals surface area contributed by atoms with E-state index < -0.39 is 0 Å². The Kier molecular flexibility index (Phi) is 3.83. The van der Waals surface area contributed by atoms with E-state index in [-0.39, 0.29) is 12.5 Å². The molecule has 92 valence electrons. The Balaban J connectivity index is 1.89. The van der Waals surface area contributed by atoms with Gasteiger partial charge in [0.05, 0.1) is 5.69 Å². The quantitative estimate of drug-likeness (QED) is 0.820. The highest BCUT2D eigenvalue weighted by molar-refractivity contribution is 8.00. The van der Waals surface area contributed by atoms with Gasteiger partial charge in [0.2, 0.25) is 0 Å². The van der Waals surface area contributed by atoms with Gasteiger partial charge in [-0.2, -0.15) is 22.0 Å². The zero-order valence-electron chi connectivity index (χ0n) is 10.1. The molecule has 0 saturated carbocycles. The first-order valence-corrected chi connectivity index (χ1v) is 6.73. The van der Waals surface area contributed by atoms with Crippen LogP contribution in [0.5, 0.6) is 0 Å². The van der Waals surface area contributed by atoms with Crippen molar-refractivity contribution in [3.05, 3.63) is 17.5 Å². The van der Waals surface area contributed by atoms with Gasteiger partial charge in [-0.05, 0) is 32.1 Å². The highest BCUT2D eigenvalue weighted by atomic mass is 32.2. The smallest absolute Gasteiger partial charge is 0.261 e. The Bertz CT molecular complexity index is 444. The van der Waals surface area contributed by atoms with Crippen LogP contribution in [-0.2, 0) is 11.3 Å². The summed E-state index contributed by atoms with van der Waals surface area (Å²) in [5.41, 5.74) is 5.56. The van der Waals surface area contributed by atoms with E-state index in [1.807, 2.05) is 31.7 Å². The average molecular weight is 252 g/mol. The number of amides is 1. The lowest BCUT2D eigenvalue weighted by molar-refractivity contribution is -0.121. The van der Waals surface area contributed by atoms with Gasteiger partial charge in [-0.3, -0.25) is 9.48 Å². The Morgan fingerprint density at radius 1 is 1.65 bits per heavy atom. The van der Waals surface area contributed by atoms with Crippen LogP contribution in [0.15, 0.2) is 11.2 Å². The maximum absolute atomic E-state index is 11.6. The Labute approximate surface area is 105 Å². The van der Waals surface area contributed by atoms with Crippen LogP contribution in [0.1, 0.15) is 17.8 Å². The Morgan fingerprint density at radius 3 is 3.06 bits per heavy atom. The summed E-state index contributed by atoms with van der Waals surface area (Å²) in [6, 6.07) is 1.95. The third-order valence-electron chi connectivity index (χ3n) is 2.54. The predicted octanol–water partition coefficient (Wildman–Crippen LogP) is 1.11. The second kappa shape index (κ2) is 5.35. The summed E-state index contributed by atoms with van der Waals surface area (Å²) < 4.78 is 1.69. The number of thioether (sulfide) groups is 1. The van der Waals surface area contributed by atoms with Gasteiger partial charge in [0.25, 0.3) is 5.91 Å². The molecule has 0 atom stereocenters. The summed E-state index contributed by atoms with van der Waals surface area (Å²) in [7, 11) is 0. The van der Waals surface area contributed by atoms with Crippen LogP contribution < -0.4 is 5.43 Å². The zero-order chi connectivity index (χ0) is 12.3. The van der Waals surface area contributed by atoms with Gasteiger partial charge in [0, 0.05) is 17.2 Å². The summed E-state index contributed by atoms with van der Waals surface area (Å²) in [5.74, 6) is 1.91. The third kappa shape index (κ3) is 3.33. The molecule has 1 saturated heterocycles. The molecule has 1 N–H and O–H groups in total. The monoisotopic (exact) mass is 252 g/mol. The van der Waals surface area contributed by atoms with Crippen molar-refractivity contribution in [2.75, 3.05) is 11.5 Å². The molecule has 1 amide bonds. The van der Waals surface area contributed by atoms with Crippen molar-refractivity contribution in [3.63, 3.8) is 0 Å². The molecule has 6 heteroatoms. The van der Waals surface area contributed by atoms with Gasteiger partial charge in [0.1, 0.15) is 6.54 Å². The van der Waals surface area contributed by atoms with Gasteiger partial charge in [-0.1, -0.05) is 0 Å². The lowest BCUT2D eigenvalue weighted by Gasteiger charge is -2.03. The fourth-order valence-electron chi connectivity index (χ4n) is 1.69. The van der Waals surface area contributed by atoms with Crippen molar-refractivity contribution in [3.8, 4) is 0 Å². The van der Waals surface area contributed by atoms with Gasteiger partial charge >= 0.3 is 0 Å². The Morgan fingerprint density at radius 2 is 2.47 bits per heavy atom. The maximum atomic E-state index is 11.6.